The van der Waals surface area contributed by atoms with E-state index in [9.17, 15) is 10.1 Å². The fourth-order valence-corrected chi connectivity index (χ4v) is 4.82. The number of carbonyl (C=O) groups is 1. The first-order valence-electron chi connectivity index (χ1n) is 12.5. The number of rotatable bonds is 9. The summed E-state index contributed by atoms with van der Waals surface area (Å²) in [4.78, 5) is 12.3. The molecular weight excluding hydrogens is 442 g/mol. The van der Waals surface area contributed by atoms with Crippen LogP contribution in [0.2, 0.25) is 0 Å². The number of anilines is 1. The van der Waals surface area contributed by atoms with Crippen LogP contribution in [-0.2, 0) is 14.3 Å². The van der Waals surface area contributed by atoms with Crippen LogP contribution in [0.15, 0.2) is 42.5 Å². The van der Waals surface area contributed by atoms with Crippen molar-refractivity contribution >= 4 is 22.5 Å². The Labute approximate surface area is 204 Å². The molecule has 1 unspecified atom stereocenters. The number of hydrogen-bond donors (Lipinski definition) is 1. The number of aromatic nitrogens is 1. The first-order chi connectivity index (χ1) is 17.2. The molecule has 0 bridgehead atoms. The molecule has 3 fully saturated rings. The summed E-state index contributed by atoms with van der Waals surface area (Å²) in [6, 6.07) is 16.6. The molecule has 7 nitrogen and oxygen atoms in total. The molecule has 1 N–H and O–H groups in total. The smallest absolute Gasteiger partial charge is 0.224 e. The minimum absolute atomic E-state index is 0.0566. The Kier molecular flexibility index (Phi) is 5.93. The maximum atomic E-state index is 12.3. The summed E-state index contributed by atoms with van der Waals surface area (Å²) >= 11 is 0. The van der Waals surface area contributed by atoms with Crippen LogP contribution < -0.4 is 10.1 Å². The molecule has 2 heterocycles. The van der Waals surface area contributed by atoms with E-state index in [1.165, 1.54) is 12.8 Å². The number of nitrogens with zero attached hydrogens (tertiary/aromatic N) is 2. The number of hydrogen-bond acceptors (Lipinski definition) is 5. The molecule has 1 aliphatic heterocycles. The Bertz CT molecular complexity index is 1280. The van der Waals surface area contributed by atoms with Gasteiger partial charge in [0, 0.05) is 29.6 Å². The lowest BCUT2D eigenvalue weighted by Crippen LogP contribution is -2.19. The topological polar surface area (TPSA) is 85.5 Å². The maximum absolute atomic E-state index is 12.3. The van der Waals surface area contributed by atoms with Crippen molar-refractivity contribution in [2.45, 2.75) is 50.7 Å². The first-order valence-corrected chi connectivity index (χ1v) is 12.5. The molecule has 3 aliphatic rings. The molecule has 0 radical (unpaired) electrons. The second kappa shape index (κ2) is 9.37. The molecule has 1 amide bonds. The quantitative estimate of drug-likeness (QED) is 0.452. The number of nitrogens with one attached hydrogen (secondary N) is 1. The van der Waals surface area contributed by atoms with E-state index in [1.54, 1.807) is 0 Å². The van der Waals surface area contributed by atoms with Gasteiger partial charge in [-0.2, -0.15) is 5.26 Å². The van der Waals surface area contributed by atoms with Crippen LogP contribution in [0.3, 0.4) is 0 Å². The number of benzene rings is 2. The van der Waals surface area contributed by atoms with Crippen LogP contribution in [0.5, 0.6) is 5.75 Å². The second-order valence-corrected chi connectivity index (χ2v) is 9.81. The summed E-state index contributed by atoms with van der Waals surface area (Å²) in [7, 11) is 0. The van der Waals surface area contributed by atoms with E-state index < -0.39 is 0 Å². The van der Waals surface area contributed by atoms with E-state index >= 15 is 0 Å². The molecule has 1 atom stereocenters. The molecule has 7 heteroatoms. The van der Waals surface area contributed by atoms with Crippen molar-refractivity contribution in [1.82, 2.24) is 4.57 Å². The van der Waals surface area contributed by atoms with Crippen LogP contribution in [0, 0.1) is 17.2 Å². The summed E-state index contributed by atoms with van der Waals surface area (Å²) in [5.41, 5.74) is 4.38. The predicted molar refractivity (Wildman–Crippen MR) is 132 cm³/mol. The van der Waals surface area contributed by atoms with Crippen LogP contribution in [0.4, 0.5) is 5.69 Å². The van der Waals surface area contributed by atoms with Crippen molar-refractivity contribution in [2.75, 3.05) is 25.3 Å². The van der Waals surface area contributed by atoms with Crippen LogP contribution in [0.25, 0.3) is 22.2 Å². The van der Waals surface area contributed by atoms with Crippen molar-refractivity contribution in [3.8, 4) is 23.1 Å². The van der Waals surface area contributed by atoms with Gasteiger partial charge >= 0.3 is 0 Å². The highest BCUT2D eigenvalue weighted by molar-refractivity contribution is 5.96. The Balaban J connectivity index is 1.28. The Morgan fingerprint density at radius 2 is 1.97 bits per heavy atom. The minimum Gasteiger partial charge on any atom is -0.491 e. The number of ether oxygens (including phenoxy) is 3. The van der Waals surface area contributed by atoms with Gasteiger partial charge in [-0.1, -0.05) is 25.0 Å². The lowest BCUT2D eigenvalue weighted by molar-refractivity contribution is -0.116. The van der Waals surface area contributed by atoms with Gasteiger partial charge in [0.25, 0.3) is 0 Å². The molecule has 2 aromatic carbocycles. The van der Waals surface area contributed by atoms with Gasteiger partial charge in [0.05, 0.1) is 23.4 Å². The normalized spacial score (nSPS) is 19.6. The van der Waals surface area contributed by atoms with E-state index in [2.05, 4.69) is 16.0 Å². The number of nitriles is 1. The number of fused-ring (bicyclic) bond motifs is 1. The largest absolute Gasteiger partial charge is 0.491 e. The van der Waals surface area contributed by atoms with E-state index in [4.69, 9.17) is 14.2 Å². The fourth-order valence-electron chi connectivity index (χ4n) is 4.82. The van der Waals surface area contributed by atoms with E-state index in [1.807, 2.05) is 42.5 Å². The Hall–Kier alpha value is -3.34. The molecule has 2 saturated carbocycles. The summed E-state index contributed by atoms with van der Waals surface area (Å²) in [5.74, 6) is 1.57. The van der Waals surface area contributed by atoms with Gasteiger partial charge in [-0.05, 0) is 55.0 Å². The fraction of sp³-hybridized carbons (Fsp3) is 0.429. The Morgan fingerprint density at radius 3 is 2.66 bits per heavy atom. The summed E-state index contributed by atoms with van der Waals surface area (Å²) < 4.78 is 19.0. The third-order valence-corrected chi connectivity index (χ3v) is 7.04. The van der Waals surface area contributed by atoms with Gasteiger partial charge in [-0.3, -0.25) is 4.79 Å². The van der Waals surface area contributed by atoms with Crippen molar-refractivity contribution < 1.29 is 19.0 Å². The second-order valence-electron chi connectivity index (χ2n) is 9.81. The molecule has 2 aliphatic carbocycles. The third kappa shape index (κ3) is 4.77. The molecule has 0 spiro atoms. The lowest BCUT2D eigenvalue weighted by Gasteiger charge is -2.13. The average molecular weight is 472 g/mol. The monoisotopic (exact) mass is 471 g/mol. The average Bonchev–Trinajstić information content (AvgIpc) is 3.81. The number of amides is 1. The van der Waals surface area contributed by atoms with Crippen molar-refractivity contribution in [1.29, 1.82) is 5.26 Å². The molecule has 35 heavy (non-hydrogen) atoms. The Morgan fingerprint density at radius 1 is 1.14 bits per heavy atom. The minimum atomic E-state index is -0.0566. The predicted octanol–water partition coefficient (Wildman–Crippen LogP) is 5.40. The van der Waals surface area contributed by atoms with Gasteiger partial charge in [0.2, 0.25) is 5.91 Å². The zero-order valence-electron chi connectivity index (χ0n) is 19.7. The van der Waals surface area contributed by atoms with Crippen molar-refractivity contribution in [3.05, 3.63) is 48.0 Å². The van der Waals surface area contributed by atoms with Crippen LogP contribution >= 0.6 is 0 Å². The molecule has 1 aromatic heterocycles. The SMILES string of the molecule is N#Cc1c(-c2ccc(NC(=O)CCC3CC3)cc2)n(C2CC2)c2cc(OCC3COCO3)ccc12. The summed E-state index contributed by atoms with van der Waals surface area (Å²) in [5, 5.41) is 14.0. The van der Waals surface area contributed by atoms with Gasteiger partial charge in [-0.15, -0.1) is 0 Å². The standard InChI is InChI=1S/C28H29N3O4/c29-14-25-24-11-10-22(34-16-23-15-33-17-35-23)13-26(24)31(21-8-9-21)28(25)19-4-6-20(7-5-19)30-27(32)12-3-18-1-2-18/h4-7,10-11,13,18,21,23H,1-3,8-9,12,15-17H2,(H,30,32). The summed E-state index contributed by atoms with van der Waals surface area (Å²) in [6.45, 7) is 1.29. The first kappa shape index (κ1) is 22.1. The van der Waals surface area contributed by atoms with Gasteiger partial charge in [0.1, 0.15) is 31.3 Å². The van der Waals surface area contributed by atoms with Crippen LogP contribution in [-0.4, -0.2) is 36.6 Å². The summed E-state index contributed by atoms with van der Waals surface area (Å²) in [6.07, 6.45) is 6.20. The molecule has 180 valence electrons. The van der Waals surface area contributed by atoms with Gasteiger partial charge in [-0.25, -0.2) is 0 Å². The molecular formula is C28H29N3O4. The van der Waals surface area contributed by atoms with Gasteiger partial charge in [0.15, 0.2) is 0 Å². The van der Waals surface area contributed by atoms with E-state index in [0.717, 1.165) is 58.8 Å². The van der Waals surface area contributed by atoms with Crippen molar-refractivity contribution in [3.63, 3.8) is 0 Å². The zero-order chi connectivity index (χ0) is 23.8. The van der Waals surface area contributed by atoms with Gasteiger partial charge < -0.3 is 24.1 Å². The highest BCUT2D eigenvalue weighted by Crippen LogP contribution is 2.45. The van der Waals surface area contributed by atoms with Crippen molar-refractivity contribution in [2.24, 2.45) is 5.92 Å². The zero-order valence-corrected chi connectivity index (χ0v) is 19.7. The maximum Gasteiger partial charge on any atom is 0.224 e. The molecule has 1 saturated heterocycles. The molecule has 6 rings (SSSR count). The molecule has 3 aromatic rings. The lowest BCUT2D eigenvalue weighted by atomic mass is 10.1. The number of carbonyl (C=O) groups excluding carboxylic acids is 1. The third-order valence-electron chi connectivity index (χ3n) is 7.04. The van der Waals surface area contributed by atoms with E-state index in [-0.39, 0.29) is 12.0 Å². The highest BCUT2D eigenvalue weighted by Gasteiger charge is 2.31. The van der Waals surface area contributed by atoms with E-state index in [0.29, 0.717) is 38.0 Å². The highest BCUT2D eigenvalue weighted by atomic mass is 16.7. The van der Waals surface area contributed by atoms with Crippen LogP contribution in [0.1, 0.15) is 50.1 Å².